The van der Waals surface area contributed by atoms with E-state index in [1.54, 1.807) is 23.0 Å². The highest BCUT2D eigenvalue weighted by molar-refractivity contribution is 8.14. The van der Waals surface area contributed by atoms with E-state index >= 15 is 0 Å². The molecule has 0 atom stereocenters. The number of morpholine rings is 1. The Balaban J connectivity index is 1.61. The Morgan fingerprint density at radius 1 is 1.12 bits per heavy atom. The Labute approximate surface area is 198 Å². The molecule has 2 heterocycles. The van der Waals surface area contributed by atoms with Crippen LogP contribution in [-0.2, 0) is 14.3 Å². The van der Waals surface area contributed by atoms with E-state index in [1.165, 1.54) is 11.8 Å². The van der Waals surface area contributed by atoms with Crippen molar-refractivity contribution >= 4 is 40.5 Å². The van der Waals surface area contributed by atoms with Crippen LogP contribution in [0.25, 0.3) is 6.08 Å². The van der Waals surface area contributed by atoms with E-state index in [4.69, 9.17) is 9.47 Å². The van der Waals surface area contributed by atoms with Crippen LogP contribution in [0.5, 0.6) is 5.75 Å². The normalized spacial score (nSPS) is 17.5. The quantitative estimate of drug-likeness (QED) is 0.631. The lowest BCUT2D eigenvalue weighted by Crippen LogP contribution is -2.42. The first-order valence-corrected chi connectivity index (χ1v) is 11.8. The molecule has 4 rings (SSSR count). The molecular formula is C25H27N3O4S. The third-order valence-corrected chi connectivity index (χ3v) is 6.33. The highest BCUT2D eigenvalue weighted by atomic mass is 32.2. The molecule has 8 heteroatoms. The Kier molecular flexibility index (Phi) is 7.15. The number of amides is 2. The van der Waals surface area contributed by atoms with Gasteiger partial charge in [-0.1, -0.05) is 30.0 Å². The van der Waals surface area contributed by atoms with Crippen LogP contribution in [-0.4, -0.2) is 61.0 Å². The van der Waals surface area contributed by atoms with E-state index in [2.05, 4.69) is 11.1 Å². The number of nitrogens with zero attached hydrogens (tertiary/aromatic N) is 3. The molecule has 0 N–H and O–H groups in total. The Morgan fingerprint density at radius 3 is 2.42 bits per heavy atom. The zero-order chi connectivity index (χ0) is 23.4. The molecular weight excluding hydrogens is 438 g/mol. The van der Waals surface area contributed by atoms with Crippen molar-refractivity contribution in [2.45, 2.75) is 13.8 Å². The fraction of sp³-hybridized carbons (Fsp3) is 0.320. The SMILES string of the molecule is COc1ccc(C=C2N=C(SCC(=O)N3CCOCC3)N(c3cc(C)cc(C)c3)C2=O)cc1. The van der Waals surface area contributed by atoms with Crippen LogP contribution in [0.4, 0.5) is 5.69 Å². The van der Waals surface area contributed by atoms with Crippen LogP contribution in [0.2, 0.25) is 0 Å². The summed E-state index contributed by atoms with van der Waals surface area (Å²) in [7, 11) is 1.61. The van der Waals surface area contributed by atoms with Gasteiger partial charge in [0.2, 0.25) is 5.91 Å². The monoisotopic (exact) mass is 465 g/mol. The molecule has 7 nitrogen and oxygen atoms in total. The minimum Gasteiger partial charge on any atom is -0.497 e. The zero-order valence-electron chi connectivity index (χ0n) is 19.0. The van der Waals surface area contributed by atoms with Gasteiger partial charge < -0.3 is 14.4 Å². The topological polar surface area (TPSA) is 71.4 Å². The molecule has 172 valence electrons. The molecule has 0 aromatic heterocycles. The highest BCUT2D eigenvalue weighted by Crippen LogP contribution is 2.31. The molecule has 2 aliphatic heterocycles. The lowest BCUT2D eigenvalue weighted by molar-refractivity contribution is -0.132. The molecule has 2 aromatic carbocycles. The maximum absolute atomic E-state index is 13.4. The zero-order valence-corrected chi connectivity index (χ0v) is 19.9. The predicted molar refractivity (Wildman–Crippen MR) is 132 cm³/mol. The van der Waals surface area contributed by atoms with Gasteiger partial charge in [-0.15, -0.1) is 0 Å². The standard InChI is InChI=1S/C25H27N3O4S/c1-17-12-18(2)14-20(13-17)28-24(30)22(15-19-4-6-21(31-3)7-5-19)26-25(28)33-16-23(29)27-8-10-32-11-9-27/h4-7,12-15H,8-11,16H2,1-3H3. The Hall–Kier alpha value is -3.10. The number of amidine groups is 1. The lowest BCUT2D eigenvalue weighted by Gasteiger charge is -2.27. The minimum atomic E-state index is -0.211. The van der Waals surface area contributed by atoms with Gasteiger partial charge >= 0.3 is 0 Å². The number of ether oxygens (including phenoxy) is 2. The molecule has 0 spiro atoms. The number of hydrogen-bond acceptors (Lipinski definition) is 6. The van der Waals surface area contributed by atoms with Crippen molar-refractivity contribution < 1.29 is 19.1 Å². The van der Waals surface area contributed by atoms with Gasteiger partial charge in [-0.25, -0.2) is 4.99 Å². The molecule has 2 amide bonds. The second-order valence-electron chi connectivity index (χ2n) is 7.97. The Morgan fingerprint density at radius 2 is 1.79 bits per heavy atom. The first-order chi connectivity index (χ1) is 15.9. The van der Waals surface area contributed by atoms with Crippen molar-refractivity contribution in [3.63, 3.8) is 0 Å². The van der Waals surface area contributed by atoms with Crippen molar-refractivity contribution in [1.82, 2.24) is 4.90 Å². The maximum Gasteiger partial charge on any atom is 0.283 e. The van der Waals surface area contributed by atoms with Gasteiger partial charge in [-0.05, 0) is 60.9 Å². The second-order valence-corrected chi connectivity index (χ2v) is 8.91. The van der Waals surface area contributed by atoms with E-state index in [1.807, 2.05) is 50.2 Å². The van der Waals surface area contributed by atoms with Gasteiger partial charge in [-0.3, -0.25) is 14.5 Å². The predicted octanol–water partition coefficient (Wildman–Crippen LogP) is 3.65. The molecule has 33 heavy (non-hydrogen) atoms. The van der Waals surface area contributed by atoms with Gasteiger partial charge in [0, 0.05) is 13.1 Å². The minimum absolute atomic E-state index is 0.0198. The molecule has 2 aliphatic rings. The number of thioether (sulfide) groups is 1. The molecule has 0 aliphatic carbocycles. The van der Waals surface area contributed by atoms with E-state index in [9.17, 15) is 9.59 Å². The van der Waals surface area contributed by atoms with Gasteiger partial charge in [0.15, 0.2) is 5.17 Å². The molecule has 0 saturated carbocycles. The average molecular weight is 466 g/mol. The number of carbonyl (C=O) groups is 2. The largest absolute Gasteiger partial charge is 0.497 e. The molecule has 2 aromatic rings. The van der Waals surface area contributed by atoms with Crippen molar-refractivity contribution in [2.75, 3.05) is 44.1 Å². The molecule has 0 radical (unpaired) electrons. The van der Waals surface area contributed by atoms with Crippen LogP contribution >= 0.6 is 11.8 Å². The van der Waals surface area contributed by atoms with E-state index in [0.29, 0.717) is 37.2 Å². The van der Waals surface area contributed by atoms with Crippen molar-refractivity contribution in [3.8, 4) is 5.75 Å². The number of anilines is 1. The van der Waals surface area contributed by atoms with E-state index in [-0.39, 0.29) is 17.6 Å². The van der Waals surface area contributed by atoms with Gasteiger partial charge in [-0.2, -0.15) is 0 Å². The first kappa shape index (κ1) is 23.1. The van der Waals surface area contributed by atoms with Crippen molar-refractivity contribution in [2.24, 2.45) is 4.99 Å². The third kappa shape index (κ3) is 5.46. The molecule has 0 bridgehead atoms. The highest BCUT2D eigenvalue weighted by Gasteiger charge is 2.33. The van der Waals surface area contributed by atoms with Crippen molar-refractivity contribution in [3.05, 3.63) is 64.9 Å². The summed E-state index contributed by atoms with van der Waals surface area (Å²) >= 11 is 1.29. The number of carbonyl (C=O) groups excluding carboxylic acids is 2. The fourth-order valence-corrected chi connectivity index (χ4v) is 4.70. The smallest absolute Gasteiger partial charge is 0.283 e. The molecule has 1 saturated heterocycles. The molecule has 1 fully saturated rings. The average Bonchev–Trinajstić information content (AvgIpc) is 3.12. The van der Waals surface area contributed by atoms with Crippen LogP contribution in [0.15, 0.2) is 53.2 Å². The number of rotatable bonds is 5. The molecule has 0 unspecified atom stereocenters. The lowest BCUT2D eigenvalue weighted by atomic mass is 10.1. The Bertz CT molecular complexity index is 1080. The fourth-order valence-electron chi connectivity index (χ4n) is 3.79. The summed E-state index contributed by atoms with van der Waals surface area (Å²) in [6, 6.07) is 13.4. The summed E-state index contributed by atoms with van der Waals surface area (Å²) in [5.74, 6) is 0.764. The number of benzene rings is 2. The summed E-state index contributed by atoms with van der Waals surface area (Å²) < 4.78 is 10.5. The van der Waals surface area contributed by atoms with Crippen LogP contribution < -0.4 is 9.64 Å². The van der Waals surface area contributed by atoms with Crippen LogP contribution in [0, 0.1) is 13.8 Å². The third-order valence-electron chi connectivity index (χ3n) is 5.40. The van der Waals surface area contributed by atoms with Crippen LogP contribution in [0.3, 0.4) is 0 Å². The number of hydrogen-bond donors (Lipinski definition) is 0. The summed E-state index contributed by atoms with van der Waals surface area (Å²) in [6.45, 7) is 6.29. The number of methoxy groups -OCH3 is 1. The van der Waals surface area contributed by atoms with Crippen LogP contribution in [0.1, 0.15) is 16.7 Å². The van der Waals surface area contributed by atoms with E-state index in [0.717, 1.165) is 28.1 Å². The summed E-state index contributed by atoms with van der Waals surface area (Å²) in [6.07, 6.45) is 1.76. The summed E-state index contributed by atoms with van der Waals surface area (Å²) in [5, 5.41) is 0.506. The number of aliphatic imine (C=N–C) groups is 1. The summed E-state index contributed by atoms with van der Waals surface area (Å²) in [4.78, 5) is 34.1. The maximum atomic E-state index is 13.4. The van der Waals surface area contributed by atoms with Gasteiger partial charge in [0.1, 0.15) is 11.4 Å². The summed E-state index contributed by atoms with van der Waals surface area (Å²) in [5.41, 5.74) is 4.04. The van der Waals surface area contributed by atoms with Gasteiger partial charge in [0.25, 0.3) is 5.91 Å². The second kappa shape index (κ2) is 10.2. The van der Waals surface area contributed by atoms with E-state index < -0.39 is 0 Å². The number of aryl methyl sites for hydroxylation is 2. The van der Waals surface area contributed by atoms with Gasteiger partial charge in [0.05, 0.1) is 31.8 Å². The van der Waals surface area contributed by atoms with Crippen molar-refractivity contribution in [1.29, 1.82) is 0 Å². The first-order valence-electron chi connectivity index (χ1n) is 10.8.